The van der Waals surface area contributed by atoms with E-state index in [1.165, 1.54) is 0 Å². The Bertz CT molecular complexity index is 128. The van der Waals surface area contributed by atoms with E-state index in [4.69, 9.17) is 5.11 Å². The molecule has 0 aromatic heterocycles. The maximum atomic E-state index is 10.3. The van der Waals surface area contributed by atoms with Crippen molar-refractivity contribution in [2.75, 3.05) is 6.54 Å². The Morgan fingerprint density at radius 2 is 2.44 bits per heavy atom. The fraction of sp³-hybridized carbons (Fsp3) is 0.800. The zero-order chi connectivity index (χ0) is 6.85. The molecule has 2 N–H and O–H groups in total. The molecule has 0 amide bonds. The first-order chi connectivity index (χ1) is 4.22. The van der Waals surface area contributed by atoms with Gasteiger partial charge in [0.2, 0.25) is 0 Å². The van der Waals surface area contributed by atoms with E-state index in [0.717, 1.165) is 13.0 Å². The summed E-state index contributed by atoms with van der Waals surface area (Å²) in [4.78, 5) is 10.3. The second kappa shape index (κ2) is 2.83. The van der Waals surface area contributed by atoms with Crippen molar-refractivity contribution in [1.29, 1.82) is 0 Å². The van der Waals surface area contributed by atoms with Gasteiger partial charge in [0.1, 0.15) is 6.04 Å². The number of carboxylic acid groups (broad SMARTS) is 1. The standard InChI is InChI=1S/C5H8INO2/c6-3-1-2-7-4(3)5(8)9/h3-4,7H,1-2H2,(H,8,9). The maximum absolute atomic E-state index is 10.3. The van der Waals surface area contributed by atoms with Crippen LogP contribution in [0, 0.1) is 0 Å². The van der Waals surface area contributed by atoms with Crippen LogP contribution in [0.15, 0.2) is 0 Å². The minimum absolute atomic E-state index is 0.264. The van der Waals surface area contributed by atoms with Gasteiger partial charge < -0.3 is 10.4 Å². The second-order valence-electron chi connectivity index (χ2n) is 2.07. The van der Waals surface area contributed by atoms with Gasteiger partial charge in [0.15, 0.2) is 0 Å². The lowest BCUT2D eigenvalue weighted by molar-refractivity contribution is -0.138. The maximum Gasteiger partial charge on any atom is 0.321 e. The van der Waals surface area contributed by atoms with E-state index in [9.17, 15) is 4.79 Å². The molecule has 0 bridgehead atoms. The quantitative estimate of drug-likeness (QED) is 0.510. The van der Waals surface area contributed by atoms with Crippen LogP contribution in [0.1, 0.15) is 6.42 Å². The third kappa shape index (κ3) is 1.54. The second-order valence-corrected chi connectivity index (χ2v) is 3.67. The highest BCUT2D eigenvalue weighted by atomic mass is 127. The fourth-order valence-electron chi connectivity index (χ4n) is 0.913. The number of carbonyl (C=O) groups is 1. The van der Waals surface area contributed by atoms with Gasteiger partial charge >= 0.3 is 5.97 Å². The molecular formula is C5H8INO2. The Kier molecular flexibility index (Phi) is 2.29. The number of alkyl halides is 1. The van der Waals surface area contributed by atoms with Crippen LogP contribution in [0.4, 0.5) is 0 Å². The summed E-state index contributed by atoms with van der Waals surface area (Å²) in [5, 5.41) is 11.4. The molecule has 2 unspecified atom stereocenters. The number of halogens is 1. The van der Waals surface area contributed by atoms with Gasteiger partial charge in [0.25, 0.3) is 0 Å². The van der Waals surface area contributed by atoms with Crippen molar-refractivity contribution in [3.05, 3.63) is 0 Å². The molecule has 1 aliphatic heterocycles. The molecule has 1 saturated heterocycles. The largest absolute Gasteiger partial charge is 0.480 e. The molecule has 9 heavy (non-hydrogen) atoms. The molecule has 2 atom stereocenters. The van der Waals surface area contributed by atoms with Crippen LogP contribution in [-0.2, 0) is 4.79 Å². The number of aliphatic carboxylic acids is 1. The molecule has 0 aliphatic carbocycles. The molecule has 0 aromatic carbocycles. The number of carboxylic acids is 1. The Hall–Kier alpha value is 0.160. The molecule has 1 rings (SSSR count). The number of hydrogen-bond acceptors (Lipinski definition) is 2. The van der Waals surface area contributed by atoms with Gasteiger partial charge in [-0.3, -0.25) is 4.79 Å². The molecule has 0 spiro atoms. The topological polar surface area (TPSA) is 49.3 Å². The van der Waals surface area contributed by atoms with E-state index in [1.54, 1.807) is 0 Å². The summed E-state index contributed by atoms with van der Waals surface area (Å²) in [6, 6.07) is -0.314. The summed E-state index contributed by atoms with van der Waals surface area (Å²) in [7, 11) is 0. The number of rotatable bonds is 1. The molecule has 52 valence electrons. The number of nitrogens with one attached hydrogen (secondary N) is 1. The first-order valence-electron chi connectivity index (χ1n) is 2.82. The van der Waals surface area contributed by atoms with Crippen LogP contribution in [0.2, 0.25) is 0 Å². The van der Waals surface area contributed by atoms with E-state index in [0.29, 0.717) is 0 Å². The summed E-state index contributed by atoms with van der Waals surface area (Å²) >= 11 is 2.17. The van der Waals surface area contributed by atoms with E-state index >= 15 is 0 Å². The van der Waals surface area contributed by atoms with Gasteiger partial charge in [0, 0.05) is 3.92 Å². The average Bonchev–Trinajstić information content (AvgIpc) is 2.13. The third-order valence-corrected chi connectivity index (χ3v) is 2.75. The van der Waals surface area contributed by atoms with E-state index in [-0.39, 0.29) is 9.97 Å². The SMILES string of the molecule is O=C(O)C1NCCC1I. The zero-order valence-electron chi connectivity index (χ0n) is 4.80. The summed E-state index contributed by atoms with van der Waals surface area (Å²) in [5.74, 6) is -0.730. The first kappa shape index (κ1) is 7.27. The first-order valence-corrected chi connectivity index (χ1v) is 4.06. The molecule has 0 saturated carbocycles. The van der Waals surface area contributed by atoms with Crippen LogP contribution in [0.5, 0.6) is 0 Å². The van der Waals surface area contributed by atoms with E-state index < -0.39 is 5.97 Å². The lowest BCUT2D eigenvalue weighted by atomic mass is 10.2. The minimum atomic E-state index is -0.730. The van der Waals surface area contributed by atoms with Crippen LogP contribution < -0.4 is 5.32 Å². The normalized spacial score (nSPS) is 34.8. The van der Waals surface area contributed by atoms with Crippen molar-refractivity contribution >= 4 is 28.6 Å². The van der Waals surface area contributed by atoms with Crippen molar-refractivity contribution in [3.8, 4) is 0 Å². The van der Waals surface area contributed by atoms with Crippen LogP contribution in [0.25, 0.3) is 0 Å². The van der Waals surface area contributed by atoms with Gasteiger partial charge in [-0.25, -0.2) is 0 Å². The molecule has 0 radical (unpaired) electrons. The third-order valence-electron chi connectivity index (χ3n) is 1.41. The van der Waals surface area contributed by atoms with Crippen molar-refractivity contribution < 1.29 is 9.90 Å². The molecule has 1 heterocycles. The van der Waals surface area contributed by atoms with Crippen LogP contribution in [-0.4, -0.2) is 27.6 Å². The Morgan fingerprint density at radius 3 is 2.67 bits per heavy atom. The van der Waals surface area contributed by atoms with Crippen molar-refractivity contribution in [1.82, 2.24) is 5.32 Å². The van der Waals surface area contributed by atoms with Gasteiger partial charge in [-0.1, -0.05) is 22.6 Å². The minimum Gasteiger partial charge on any atom is -0.480 e. The van der Waals surface area contributed by atoms with Gasteiger partial charge in [-0.15, -0.1) is 0 Å². The Labute approximate surface area is 67.0 Å². The summed E-state index contributed by atoms with van der Waals surface area (Å²) in [6.07, 6.45) is 0.970. The van der Waals surface area contributed by atoms with E-state index in [1.807, 2.05) is 0 Å². The molecule has 1 aliphatic rings. The molecule has 1 fully saturated rings. The average molecular weight is 241 g/mol. The van der Waals surface area contributed by atoms with Crippen LogP contribution >= 0.6 is 22.6 Å². The van der Waals surface area contributed by atoms with Crippen molar-refractivity contribution in [2.24, 2.45) is 0 Å². The molecule has 0 aromatic rings. The van der Waals surface area contributed by atoms with Crippen molar-refractivity contribution in [2.45, 2.75) is 16.4 Å². The van der Waals surface area contributed by atoms with Gasteiger partial charge in [-0.2, -0.15) is 0 Å². The molecule has 4 heteroatoms. The lowest BCUT2D eigenvalue weighted by Crippen LogP contribution is -2.35. The predicted octanol–water partition coefficient (Wildman–Crippen LogP) is 0.236. The number of hydrogen-bond donors (Lipinski definition) is 2. The Balaban J connectivity index is 2.49. The highest BCUT2D eigenvalue weighted by molar-refractivity contribution is 14.1. The smallest absolute Gasteiger partial charge is 0.321 e. The zero-order valence-corrected chi connectivity index (χ0v) is 6.96. The summed E-state index contributed by atoms with van der Waals surface area (Å²) in [5.41, 5.74) is 0. The highest BCUT2D eigenvalue weighted by Gasteiger charge is 2.29. The monoisotopic (exact) mass is 241 g/mol. The van der Waals surface area contributed by atoms with Crippen LogP contribution in [0.3, 0.4) is 0 Å². The Morgan fingerprint density at radius 1 is 1.78 bits per heavy atom. The molecular weight excluding hydrogens is 233 g/mol. The lowest BCUT2D eigenvalue weighted by Gasteiger charge is -2.06. The van der Waals surface area contributed by atoms with Gasteiger partial charge in [-0.05, 0) is 13.0 Å². The van der Waals surface area contributed by atoms with Gasteiger partial charge in [0.05, 0.1) is 0 Å². The summed E-state index contributed by atoms with van der Waals surface area (Å²) in [6.45, 7) is 0.838. The highest BCUT2D eigenvalue weighted by Crippen LogP contribution is 2.16. The fourth-order valence-corrected chi connectivity index (χ4v) is 1.79. The predicted molar refractivity (Wildman–Crippen MR) is 41.9 cm³/mol. The van der Waals surface area contributed by atoms with E-state index in [2.05, 4.69) is 27.9 Å². The van der Waals surface area contributed by atoms with Crippen molar-refractivity contribution in [3.63, 3.8) is 0 Å². The summed E-state index contributed by atoms with van der Waals surface area (Å²) < 4.78 is 0.264. The molecule has 3 nitrogen and oxygen atoms in total.